The molecule has 0 atom stereocenters. The number of benzene rings is 1. The molecule has 1 aliphatic rings. The Kier molecular flexibility index (Phi) is 4.49. The molecule has 0 spiro atoms. The Morgan fingerprint density at radius 1 is 1.32 bits per heavy atom. The Morgan fingerprint density at radius 2 is 2.12 bits per heavy atom. The molecule has 25 heavy (non-hydrogen) atoms. The number of rotatable bonds is 4. The summed E-state index contributed by atoms with van der Waals surface area (Å²) in [4.78, 5) is 18.9. The minimum Gasteiger partial charge on any atom is -0.494 e. The van der Waals surface area contributed by atoms with Crippen LogP contribution in [0.25, 0.3) is 10.2 Å². The summed E-state index contributed by atoms with van der Waals surface area (Å²) in [6.07, 6.45) is -0.184. The lowest BCUT2D eigenvalue weighted by molar-refractivity contribution is 0.0235. The molecule has 130 valence electrons. The van der Waals surface area contributed by atoms with Gasteiger partial charge in [0.2, 0.25) is 0 Å². The van der Waals surface area contributed by atoms with Gasteiger partial charge < -0.3 is 14.4 Å². The maximum Gasteiger partial charge on any atom is 0.340 e. The van der Waals surface area contributed by atoms with Crippen LogP contribution in [0.1, 0.15) is 10.4 Å². The molecule has 3 heterocycles. The topological polar surface area (TPSA) is 51.7 Å². The van der Waals surface area contributed by atoms with Gasteiger partial charge >= 0.3 is 5.97 Å². The predicted octanol–water partition coefficient (Wildman–Crippen LogP) is 4.72. The molecule has 1 saturated heterocycles. The van der Waals surface area contributed by atoms with E-state index in [1.54, 1.807) is 18.4 Å². The summed E-state index contributed by atoms with van der Waals surface area (Å²) < 4.78 is 12.7. The number of anilines is 1. The number of halogens is 2. The van der Waals surface area contributed by atoms with Crippen LogP contribution in [0, 0.1) is 0 Å². The summed E-state index contributed by atoms with van der Waals surface area (Å²) in [5.74, 6) is 0.316. The second kappa shape index (κ2) is 6.64. The fraction of sp³-hybridized carbons (Fsp3) is 0.250. The molecule has 0 aliphatic carbocycles. The number of hydrogen-bond acceptors (Lipinski definition) is 7. The normalized spacial score (nSPS) is 14.6. The molecule has 3 aromatic rings. The lowest BCUT2D eigenvalue weighted by atomic mass is 10.2. The first-order chi connectivity index (χ1) is 12.0. The number of esters is 1. The van der Waals surface area contributed by atoms with Crippen molar-refractivity contribution in [3.05, 3.63) is 38.5 Å². The first kappa shape index (κ1) is 16.9. The van der Waals surface area contributed by atoms with E-state index >= 15 is 0 Å². The lowest BCUT2D eigenvalue weighted by Gasteiger charge is -2.38. The van der Waals surface area contributed by atoms with Crippen LogP contribution in [0.2, 0.25) is 8.67 Å². The van der Waals surface area contributed by atoms with Gasteiger partial charge in [-0.15, -0.1) is 11.3 Å². The molecule has 0 radical (unpaired) electrons. The van der Waals surface area contributed by atoms with E-state index in [1.165, 1.54) is 6.07 Å². The molecule has 0 N–H and O–H groups in total. The number of fused-ring (bicyclic) bond motifs is 1. The van der Waals surface area contributed by atoms with Gasteiger partial charge in [0.05, 0.1) is 34.8 Å². The molecular weight excluding hydrogens is 403 g/mol. The number of ether oxygens (including phenoxy) is 2. The summed E-state index contributed by atoms with van der Waals surface area (Å²) in [5.41, 5.74) is 1.17. The van der Waals surface area contributed by atoms with E-state index in [9.17, 15) is 4.79 Å². The highest BCUT2D eigenvalue weighted by atomic mass is 35.5. The number of methoxy groups -OCH3 is 1. The van der Waals surface area contributed by atoms with Gasteiger partial charge in [0.1, 0.15) is 21.7 Å². The molecular formula is C16H12Cl2N2O3S2. The molecule has 1 aromatic carbocycles. The Hall–Kier alpha value is -1.54. The Labute approximate surface area is 161 Å². The van der Waals surface area contributed by atoms with Crippen molar-refractivity contribution in [2.75, 3.05) is 25.1 Å². The molecule has 2 aromatic heterocycles. The minimum absolute atomic E-state index is 0.184. The van der Waals surface area contributed by atoms with Crippen LogP contribution in [-0.2, 0) is 4.74 Å². The van der Waals surface area contributed by atoms with Crippen molar-refractivity contribution in [1.82, 2.24) is 4.98 Å². The highest BCUT2D eigenvalue weighted by Crippen LogP contribution is 2.36. The summed E-state index contributed by atoms with van der Waals surface area (Å²) in [6.45, 7) is 1.20. The number of thiophene rings is 1. The van der Waals surface area contributed by atoms with Gasteiger partial charge in [-0.3, -0.25) is 0 Å². The van der Waals surface area contributed by atoms with Gasteiger partial charge in [0.15, 0.2) is 5.13 Å². The summed E-state index contributed by atoms with van der Waals surface area (Å²) in [5, 5.41) is 0.892. The van der Waals surface area contributed by atoms with Crippen molar-refractivity contribution in [3.8, 4) is 5.75 Å². The third-order valence-corrected chi connectivity index (χ3v) is 6.43. The molecule has 9 heteroatoms. The summed E-state index contributed by atoms with van der Waals surface area (Å²) in [7, 11) is 1.63. The zero-order valence-corrected chi connectivity index (χ0v) is 16.1. The van der Waals surface area contributed by atoms with Crippen LogP contribution < -0.4 is 9.64 Å². The Morgan fingerprint density at radius 3 is 2.80 bits per heavy atom. The Bertz CT molecular complexity index is 950. The van der Waals surface area contributed by atoms with E-state index < -0.39 is 5.97 Å². The highest BCUT2D eigenvalue weighted by molar-refractivity contribution is 7.22. The molecule has 4 rings (SSSR count). The fourth-order valence-electron chi connectivity index (χ4n) is 2.57. The van der Waals surface area contributed by atoms with Crippen molar-refractivity contribution in [2.45, 2.75) is 6.10 Å². The third kappa shape index (κ3) is 3.17. The number of hydrogen-bond donors (Lipinski definition) is 0. The van der Waals surface area contributed by atoms with E-state index in [0.29, 0.717) is 27.3 Å². The second-order valence-corrected chi connectivity index (χ2v) is 8.77. The maximum absolute atomic E-state index is 12.1. The lowest BCUT2D eigenvalue weighted by Crippen LogP contribution is -2.53. The number of nitrogens with zero attached hydrogens (tertiary/aromatic N) is 2. The van der Waals surface area contributed by atoms with Gasteiger partial charge in [-0.25, -0.2) is 9.78 Å². The zero-order chi connectivity index (χ0) is 17.6. The molecule has 1 aliphatic heterocycles. The van der Waals surface area contributed by atoms with Gasteiger partial charge in [-0.2, -0.15) is 0 Å². The monoisotopic (exact) mass is 414 g/mol. The molecule has 0 amide bonds. The summed E-state index contributed by atoms with van der Waals surface area (Å²) >= 11 is 14.6. The number of thiazole rings is 1. The average molecular weight is 415 g/mol. The minimum atomic E-state index is -0.441. The van der Waals surface area contributed by atoms with Crippen LogP contribution >= 0.6 is 45.9 Å². The van der Waals surface area contributed by atoms with Gasteiger partial charge in [-0.05, 0) is 18.2 Å². The average Bonchev–Trinajstić information content (AvgIpc) is 3.12. The van der Waals surface area contributed by atoms with Gasteiger partial charge in [0.25, 0.3) is 0 Å². The van der Waals surface area contributed by atoms with E-state index in [4.69, 9.17) is 32.7 Å². The van der Waals surface area contributed by atoms with Crippen molar-refractivity contribution < 1.29 is 14.3 Å². The van der Waals surface area contributed by atoms with Gasteiger partial charge in [-0.1, -0.05) is 40.6 Å². The van der Waals surface area contributed by atoms with Crippen molar-refractivity contribution in [3.63, 3.8) is 0 Å². The van der Waals surface area contributed by atoms with E-state index in [0.717, 1.165) is 32.4 Å². The van der Waals surface area contributed by atoms with Crippen LogP contribution in [0.3, 0.4) is 0 Å². The smallest absolute Gasteiger partial charge is 0.340 e. The van der Waals surface area contributed by atoms with E-state index in [2.05, 4.69) is 9.88 Å². The third-order valence-electron chi connectivity index (χ3n) is 3.86. The molecule has 1 fully saturated rings. The first-order valence-electron chi connectivity index (χ1n) is 7.39. The van der Waals surface area contributed by atoms with Crippen LogP contribution in [0.5, 0.6) is 5.75 Å². The van der Waals surface area contributed by atoms with Gasteiger partial charge in [0, 0.05) is 0 Å². The largest absolute Gasteiger partial charge is 0.494 e. The molecule has 0 bridgehead atoms. The maximum atomic E-state index is 12.1. The number of para-hydroxylation sites is 1. The number of carbonyl (C=O) groups is 1. The van der Waals surface area contributed by atoms with Crippen LogP contribution in [0.15, 0.2) is 24.3 Å². The quantitative estimate of drug-likeness (QED) is 0.578. The molecule has 5 nitrogen and oxygen atoms in total. The standard InChI is InChI=1S/C16H12Cl2N2O3S2/c1-22-10-3-2-4-11-13(10)19-16(24-11)20-6-8(7-20)23-15(21)9-5-12(17)25-14(9)18/h2-5,8H,6-7H2,1H3. The van der Waals surface area contributed by atoms with Crippen LogP contribution in [-0.4, -0.2) is 37.3 Å². The Balaban J connectivity index is 1.42. The molecule has 0 saturated carbocycles. The molecule has 0 unspecified atom stereocenters. The fourth-order valence-corrected chi connectivity index (χ4v) is 5.02. The SMILES string of the molecule is COc1cccc2sc(N3CC(OC(=O)c4cc(Cl)sc4Cl)C3)nc12. The van der Waals surface area contributed by atoms with Crippen molar-refractivity contribution >= 4 is 67.2 Å². The highest BCUT2D eigenvalue weighted by Gasteiger charge is 2.33. The van der Waals surface area contributed by atoms with Crippen molar-refractivity contribution in [1.29, 1.82) is 0 Å². The predicted molar refractivity (Wildman–Crippen MR) is 102 cm³/mol. The second-order valence-electron chi connectivity index (χ2n) is 5.47. The van der Waals surface area contributed by atoms with Crippen molar-refractivity contribution in [2.24, 2.45) is 0 Å². The van der Waals surface area contributed by atoms with Crippen LogP contribution in [0.4, 0.5) is 5.13 Å². The number of aromatic nitrogens is 1. The first-order valence-corrected chi connectivity index (χ1v) is 9.78. The zero-order valence-electron chi connectivity index (χ0n) is 13.0. The van der Waals surface area contributed by atoms with E-state index in [-0.39, 0.29) is 6.10 Å². The summed E-state index contributed by atoms with van der Waals surface area (Å²) in [6, 6.07) is 7.38. The van der Waals surface area contributed by atoms with E-state index in [1.807, 2.05) is 18.2 Å². The number of carbonyl (C=O) groups excluding carboxylic acids is 1.